The van der Waals surface area contributed by atoms with Crippen LogP contribution in [0.2, 0.25) is 0 Å². The van der Waals surface area contributed by atoms with Crippen LogP contribution in [-0.4, -0.2) is 46.9 Å². The SMILES string of the molecule is CCCCSCCC(=O)Nc1cccc(CN2CCSCC2)c1. The van der Waals surface area contributed by atoms with Crippen LogP contribution in [0.1, 0.15) is 31.7 Å². The highest BCUT2D eigenvalue weighted by Gasteiger charge is 2.11. The fraction of sp³-hybridized carbons (Fsp3) is 0.611. The molecule has 1 aromatic rings. The van der Waals surface area contributed by atoms with Crippen molar-refractivity contribution in [2.24, 2.45) is 0 Å². The average molecular weight is 353 g/mol. The zero-order valence-electron chi connectivity index (χ0n) is 14.1. The molecule has 0 saturated carbocycles. The number of carbonyl (C=O) groups is 1. The van der Waals surface area contributed by atoms with Gasteiger partial charge in [-0.25, -0.2) is 0 Å². The summed E-state index contributed by atoms with van der Waals surface area (Å²) in [5.74, 6) is 4.66. The molecule has 0 bridgehead atoms. The smallest absolute Gasteiger partial charge is 0.225 e. The van der Waals surface area contributed by atoms with Gasteiger partial charge >= 0.3 is 0 Å². The molecule has 2 rings (SSSR count). The van der Waals surface area contributed by atoms with Gasteiger partial charge in [-0.15, -0.1) is 0 Å². The predicted octanol–water partition coefficient (Wildman–Crippen LogP) is 4.10. The summed E-state index contributed by atoms with van der Waals surface area (Å²) in [5.41, 5.74) is 2.21. The molecule has 0 spiro atoms. The number of nitrogens with zero attached hydrogens (tertiary/aromatic N) is 1. The second kappa shape index (κ2) is 11.0. The third-order valence-electron chi connectivity index (χ3n) is 3.84. The van der Waals surface area contributed by atoms with Crippen molar-refractivity contribution in [2.45, 2.75) is 32.7 Å². The molecular formula is C18H28N2OS2. The third kappa shape index (κ3) is 7.64. The van der Waals surface area contributed by atoms with E-state index in [1.807, 2.05) is 35.7 Å². The normalized spacial score (nSPS) is 15.5. The first-order valence-corrected chi connectivity index (χ1v) is 10.9. The summed E-state index contributed by atoms with van der Waals surface area (Å²) < 4.78 is 0. The van der Waals surface area contributed by atoms with Crippen molar-refractivity contribution in [1.29, 1.82) is 0 Å². The van der Waals surface area contributed by atoms with Crippen LogP contribution in [0.25, 0.3) is 0 Å². The second-order valence-electron chi connectivity index (χ2n) is 5.85. The van der Waals surface area contributed by atoms with Gasteiger partial charge in [-0.05, 0) is 29.9 Å². The Balaban J connectivity index is 1.74. The zero-order chi connectivity index (χ0) is 16.3. The Morgan fingerprint density at radius 1 is 1.30 bits per heavy atom. The number of benzene rings is 1. The monoisotopic (exact) mass is 352 g/mol. The molecule has 128 valence electrons. The van der Waals surface area contributed by atoms with Crippen LogP contribution in [-0.2, 0) is 11.3 Å². The number of anilines is 1. The molecule has 1 aromatic carbocycles. The summed E-state index contributed by atoms with van der Waals surface area (Å²) in [6, 6.07) is 8.29. The van der Waals surface area contributed by atoms with Gasteiger partial charge in [-0.1, -0.05) is 25.5 Å². The number of amides is 1. The van der Waals surface area contributed by atoms with Gasteiger partial charge in [0.05, 0.1) is 0 Å². The molecule has 0 radical (unpaired) electrons. The van der Waals surface area contributed by atoms with Gasteiger partial charge in [-0.2, -0.15) is 23.5 Å². The lowest BCUT2D eigenvalue weighted by molar-refractivity contribution is -0.115. The van der Waals surface area contributed by atoms with E-state index in [1.54, 1.807) is 0 Å². The van der Waals surface area contributed by atoms with Crippen LogP contribution >= 0.6 is 23.5 Å². The topological polar surface area (TPSA) is 32.3 Å². The molecule has 0 unspecified atom stereocenters. The minimum Gasteiger partial charge on any atom is -0.326 e. The first-order valence-electron chi connectivity index (χ1n) is 8.54. The summed E-state index contributed by atoms with van der Waals surface area (Å²) in [4.78, 5) is 14.5. The van der Waals surface area contributed by atoms with Crippen molar-refractivity contribution in [3.05, 3.63) is 29.8 Å². The average Bonchev–Trinajstić information content (AvgIpc) is 2.56. The van der Waals surface area contributed by atoms with Crippen molar-refractivity contribution in [3.8, 4) is 0 Å². The lowest BCUT2D eigenvalue weighted by Crippen LogP contribution is -2.31. The van der Waals surface area contributed by atoms with E-state index < -0.39 is 0 Å². The fourth-order valence-electron chi connectivity index (χ4n) is 2.50. The number of thioether (sulfide) groups is 2. The molecular weight excluding hydrogens is 324 g/mol. The molecule has 1 N–H and O–H groups in total. The van der Waals surface area contributed by atoms with Gasteiger partial charge in [0.25, 0.3) is 0 Å². The molecule has 0 atom stereocenters. The van der Waals surface area contributed by atoms with Crippen LogP contribution in [0, 0.1) is 0 Å². The Hall–Kier alpha value is -0.650. The van der Waals surface area contributed by atoms with E-state index in [0.717, 1.165) is 36.8 Å². The van der Waals surface area contributed by atoms with Crippen molar-refractivity contribution < 1.29 is 4.79 Å². The van der Waals surface area contributed by atoms with Crippen LogP contribution in [0.3, 0.4) is 0 Å². The van der Waals surface area contributed by atoms with E-state index in [-0.39, 0.29) is 5.91 Å². The summed E-state index contributed by atoms with van der Waals surface area (Å²) in [5, 5.41) is 3.04. The number of nitrogens with one attached hydrogen (secondary N) is 1. The fourth-order valence-corrected chi connectivity index (χ4v) is 4.51. The number of carbonyl (C=O) groups excluding carboxylic acids is 1. The summed E-state index contributed by atoms with van der Waals surface area (Å²) >= 11 is 3.91. The molecule has 1 aliphatic rings. The molecule has 3 nitrogen and oxygen atoms in total. The summed E-state index contributed by atoms with van der Waals surface area (Å²) in [7, 11) is 0. The van der Waals surface area contributed by atoms with Crippen molar-refractivity contribution in [1.82, 2.24) is 4.90 Å². The molecule has 0 aromatic heterocycles. The van der Waals surface area contributed by atoms with Crippen LogP contribution in [0.15, 0.2) is 24.3 Å². The van der Waals surface area contributed by atoms with Gasteiger partial charge in [-0.3, -0.25) is 9.69 Å². The highest BCUT2D eigenvalue weighted by atomic mass is 32.2. The van der Waals surface area contributed by atoms with E-state index in [4.69, 9.17) is 0 Å². The third-order valence-corrected chi connectivity index (χ3v) is 5.85. The van der Waals surface area contributed by atoms with Crippen molar-refractivity contribution in [2.75, 3.05) is 41.4 Å². The van der Waals surface area contributed by atoms with E-state index in [0.29, 0.717) is 6.42 Å². The minimum atomic E-state index is 0.125. The Morgan fingerprint density at radius 3 is 2.91 bits per heavy atom. The Kier molecular flexibility index (Phi) is 8.94. The van der Waals surface area contributed by atoms with E-state index in [2.05, 4.69) is 29.3 Å². The Morgan fingerprint density at radius 2 is 2.13 bits per heavy atom. The Bertz CT molecular complexity index is 476. The zero-order valence-corrected chi connectivity index (χ0v) is 15.7. The number of hydrogen-bond donors (Lipinski definition) is 1. The standard InChI is InChI=1S/C18H28N2OS2/c1-2-3-10-22-11-7-18(21)19-17-6-4-5-16(14-17)15-20-8-12-23-13-9-20/h4-6,14H,2-3,7-13,15H2,1H3,(H,19,21). The number of hydrogen-bond acceptors (Lipinski definition) is 4. The lowest BCUT2D eigenvalue weighted by Gasteiger charge is -2.26. The number of rotatable bonds is 9. The molecule has 5 heteroatoms. The highest BCUT2D eigenvalue weighted by Crippen LogP contribution is 2.16. The first kappa shape index (κ1) is 18.7. The van der Waals surface area contributed by atoms with Crippen LogP contribution in [0.5, 0.6) is 0 Å². The molecule has 1 saturated heterocycles. The molecule has 1 aliphatic heterocycles. The van der Waals surface area contributed by atoms with E-state index >= 15 is 0 Å². The van der Waals surface area contributed by atoms with Crippen LogP contribution < -0.4 is 5.32 Å². The first-order chi connectivity index (χ1) is 11.3. The van der Waals surface area contributed by atoms with Gasteiger partial charge < -0.3 is 5.32 Å². The van der Waals surface area contributed by atoms with Crippen molar-refractivity contribution in [3.63, 3.8) is 0 Å². The summed E-state index contributed by atoms with van der Waals surface area (Å²) in [6.45, 7) is 5.51. The van der Waals surface area contributed by atoms with Gasteiger partial charge in [0, 0.05) is 49.0 Å². The minimum absolute atomic E-state index is 0.125. The van der Waals surface area contributed by atoms with Gasteiger partial charge in [0.2, 0.25) is 5.91 Å². The van der Waals surface area contributed by atoms with E-state index in [9.17, 15) is 4.79 Å². The lowest BCUT2D eigenvalue weighted by atomic mass is 10.2. The molecule has 1 fully saturated rings. The number of unbranched alkanes of at least 4 members (excludes halogenated alkanes) is 1. The van der Waals surface area contributed by atoms with Crippen molar-refractivity contribution >= 4 is 35.1 Å². The van der Waals surface area contributed by atoms with Crippen LogP contribution in [0.4, 0.5) is 5.69 Å². The van der Waals surface area contributed by atoms with E-state index in [1.165, 1.54) is 29.9 Å². The predicted molar refractivity (Wildman–Crippen MR) is 105 cm³/mol. The molecule has 23 heavy (non-hydrogen) atoms. The molecule has 1 amide bonds. The quantitative estimate of drug-likeness (QED) is 0.678. The molecule has 1 heterocycles. The van der Waals surface area contributed by atoms with Gasteiger partial charge in [0.1, 0.15) is 0 Å². The maximum absolute atomic E-state index is 12.0. The maximum Gasteiger partial charge on any atom is 0.225 e. The maximum atomic E-state index is 12.0. The Labute approximate surface area is 149 Å². The molecule has 0 aliphatic carbocycles. The second-order valence-corrected chi connectivity index (χ2v) is 8.30. The largest absolute Gasteiger partial charge is 0.326 e. The van der Waals surface area contributed by atoms with Gasteiger partial charge in [0.15, 0.2) is 0 Å². The summed E-state index contributed by atoms with van der Waals surface area (Å²) in [6.07, 6.45) is 3.06. The highest BCUT2D eigenvalue weighted by molar-refractivity contribution is 7.99.